The van der Waals surface area contributed by atoms with Gasteiger partial charge in [0.2, 0.25) is 5.91 Å². The first kappa shape index (κ1) is 24.9. The van der Waals surface area contributed by atoms with E-state index in [2.05, 4.69) is 20.4 Å². The van der Waals surface area contributed by atoms with E-state index in [0.717, 1.165) is 12.5 Å². The Hall–Kier alpha value is -4.16. The lowest BCUT2D eigenvalue weighted by Crippen LogP contribution is -2.20. The highest BCUT2D eigenvalue weighted by Crippen LogP contribution is 2.38. The van der Waals surface area contributed by atoms with Crippen LogP contribution < -0.4 is 20.7 Å². The zero-order chi connectivity index (χ0) is 25.5. The highest BCUT2D eigenvalue weighted by atomic mass is 19.2. The molecule has 0 bridgehead atoms. The van der Waals surface area contributed by atoms with E-state index in [9.17, 15) is 13.6 Å². The van der Waals surface area contributed by atoms with Gasteiger partial charge in [0.1, 0.15) is 24.4 Å². The molecule has 0 aliphatic heterocycles. The number of carbonyl (C=O) groups excluding carboxylic acids is 1. The molecule has 2 aromatic heterocycles. The lowest BCUT2D eigenvalue weighted by molar-refractivity contribution is -0.118. The van der Waals surface area contributed by atoms with Crippen molar-refractivity contribution in [1.82, 2.24) is 25.1 Å². The minimum Gasteiger partial charge on any atom is -0.493 e. The molecular weight excluding hydrogens is 472 g/mol. The number of aliphatic hydroxyl groups excluding tert-OH is 1. The van der Waals surface area contributed by atoms with E-state index >= 15 is 0 Å². The van der Waals surface area contributed by atoms with Crippen LogP contribution in [0.25, 0.3) is 10.9 Å². The third kappa shape index (κ3) is 5.73. The minimum absolute atomic E-state index is 0.0794. The fourth-order valence-electron chi connectivity index (χ4n) is 3.64. The van der Waals surface area contributed by atoms with Crippen LogP contribution in [-0.2, 0) is 11.3 Å². The van der Waals surface area contributed by atoms with Gasteiger partial charge in [0.25, 0.3) is 0 Å². The molecule has 4 N–H and O–H groups in total. The number of aromatic nitrogens is 4. The van der Waals surface area contributed by atoms with Crippen LogP contribution in [0, 0.1) is 11.6 Å². The van der Waals surface area contributed by atoms with Gasteiger partial charge in [-0.3, -0.25) is 14.4 Å². The van der Waals surface area contributed by atoms with Crippen molar-refractivity contribution in [3.8, 4) is 5.75 Å². The third-order valence-electron chi connectivity index (χ3n) is 5.22. The van der Waals surface area contributed by atoms with Crippen LogP contribution in [0.4, 0.5) is 26.0 Å². The molecule has 0 aliphatic rings. The van der Waals surface area contributed by atoms with Crippen molar-refractivity contribution in [1.29, 1.82) is 0 Å². The summed E-state index contributed by atoms with van der Waals surface area (Å²) in [4.78, 5) is 21.4. The average Bonchev–Trinajstić information content (AvgIpc) is 3.31. The van der Waals surface area contributed by atoms with Crippen molar-refractivity contribution < 1.29 is 23.4 Å². The van der Waals surface area contributed by atoms with Gasteiger partial charge < -0.3 is 20.9 Å². The van der Waals surface area contributed by atoms with Crippen LogP contribution >= 0.6 is 0 Å². The number of rotatable bonds is 12. The maximum atomic E-state index is 15.0. The normalized spacial score (nSPS) is 11.1. The van der Waals surface area contributed by atoms with Crippen LogP contribution in [0.2, 0.25) is 0 Å². The molecule has 1 amide bonds. The second kappa shape index (κ2) is 11.5. The number of hydrogen-bond acceptors (Lipinski definition) is 8. The summed E-state index contributed by atoms with van der Waals surface area (Å²) < 4.78 is 36.2. The lowest BCUT2D eigenvalue weighted by Gasteiger charge is -2.24. The molecule has 0 radical (unpaired) electrons. The smallest absolute Gasteiger partial charge is 0.239 e. The van der Waals surface area contributed by atoms with Crippen LogP contribution in [0.1, 0.15) is 6.42 Å². The second-order valence-corrected chi connectivity index (χ2v) is 7.82. The number of nitrogens with one attached hydrogen (secondary N) is 1. The molecule has 36 heavy (non-hydrogen) atoms. The number of carbonyl (C=O) groups is 1. The van der Waals surface area contributed by atoms with Crippen molar-refractivity contribution in [3.63, 3.8) is 0 Å². The number of amides is 1. The predicted molar refractivity (Wildman–Crippen MR) is 129 cm³/mol. The van der Waals surface area contributed by atoms with E-state index in [1.165, 1.54) is 40.4 Å². The van der Waals surface area contributed by atoms with Gasteiger partial charge in [-0.2, -0.15) is 5.10 Å². The van der Waals surface area contributed by atoms with E-state index in [1.54, 1.807) is 18.2 Å². The van der Waals surface area contributed by atoms with Gasteiger partial charge >= 0.3 is 0 Å². The lowest BCUT2D eigenvalue weighted by atomic mass is 10.2. The van der Waals surface area contributed by atoms with Crippen LogP contribution in [0.3, 0.4) is 0 Å². The molecule has 0 spiro atoms. The first-order valence-corrected chi connectivity index (χ1v) is 11.2. The summed E-state index contributed by atoms with van der Waals surface area (Å²) in [7, 11) is 0. The fourth-order valence-corrected chi connectivity index (χ4v) is 3.64. The van der Waals surface area contributed by atoms with E-state index in [1.807, 2.05) is 0 Å². The molecule has 12 heteroatoms. The minimum atomic E-state index is -1.07. The summed E-state index contributed by atoms with van der Waals surface area (Å²) >= 11 is 0. The summed E-state index contributed by atoms with van der Waals surface area (Å²) in [6.07, 6.45) is 4.96. The summed E-state index contributed by atoms with van der Waals surface area (Å²) in [6, 6.07) is 9.04. The SMILES string of the molecule is NC(=O)Cn1cc(N(c2cccc(F)c2F)c2ncnc3cc(OCCCNCCO)ccc23)cn1. The van der Waals surface area contributed by atoms with E-state index in [4.69, 9.17) is 15.6 Å². The molecule has 2 heterocycles. The van der Waals surface area contributed by atoms with Gasteiger partial charge in [-0.05, 0) is 37.2 Å². The molecule has 0 saturated carbocycles. The highest BCUT2D eigenvalue weighted by molar-refractivity contribution is 5.95. The van der Waals surface area contributed by atoms with Crippen molar-refractivity contribution in [2.24, 2.45) is 5.73 Å². The number of primary amides is 1. The van der Waals surface area contributed by atoms with Crippen LogP contribution in [0.15, 0.2) is 55.1 Å². The molecule has 0 atom stereocenters. The maximum Gasteiger partial charge on any atom is 0.239 e. The molecule has 10 nitrogen and oxygen atoms in total. The van der Waals surface area contributed by atoms with Gasteiger partial charge in [-0.15, -0.1) is 0 Å². The van der Waals surface area contributed by atoms with Gasteiger partial charge in [0.05, 0.1) is 36.3 Å². The van der Waals surface area contributed by atoms with Crippen molar-refractivity contribution in [2.45, 2.75) is 13.0 Å². The number of halogens is 2. The first-order valence-electron chi connectivity index (χ1n) is 11.2. The number of nitrogens with two attached hydrogens (primary N) is 1. The Morgan fingerprint density at radius 3 is 2.86 bits per heavy atom. The van der Waals surface area contributed by atoms with Gasteiger partial charge in [0, 0.05) is 24.2 Å². The summed E-state index contributed by atoms with van der Waals surface area (Å²) in [5.74, 6) is -1.82. The average molecular weight is 498 g/mol. The zero-order valence-corrected chi connectivity index (χ0v) is 19.3. The summed E-state index contributed by atoms with van der Waals surface area (Å²) in [5, 5.41) is 16.5. The number of ether oxygens (including phenoxy) is 1. The molecule has 4 aromatic rings. The Morgan fingerprint density at radius 2 is 2.06 bits per heavy atom. The van der Waals surface area contributed by atoms with E-state index in [0.29, 0.717) is 42.0 Å². The summed E-state index contributed by atoms with van der Waals surface area (Å²) in [5.41, 5.74) is 6.04. The first-order chi connectivity index (χ1) is 17.5. The van der Waals surface area contributed by atoms with E-state index < -0.39 is 17.5 Å². The molecule has 0 fully saturated rings. The maximum absolute atomic E-state index is 15.0. The van der Waals surface area contributed by atoms with Gasteiger partial charge in [-0.25, -0.2) is 18.7 Å². The van der Waals surface area contributed by atoms with Crippen molar-refractivity contribution in [2.75, 3.05) is 31.2 Å². The topological polar surface area (TPSA) is 131 Å². The van der Waals surface area contributed by atoms with Crippen LogP contribution in [-0.4, -0.2) is 57.1 Å². The fraction of sp³-hybridized carbons (Fsp3) is 0.250. The zero-order valence-electron chi connectivity index (χ0n) is 19.3. The monoisotopic (exact) mass is 497 g/mol. The Bertz CT molecular complexity index is 1350. The Morgan fingerprint density at radius 1 is 1.19 bits per heavy atom. The van der Waals surface area contributed by atoms with E-state index in [-0.39, 0.29) is 24.7 Å². The van der Waals surface area contributed by atoms with Crippen LogP contribution in [0.5, 0.6) is 5.75 Å². The van der Waals surface area contributed by atoms with Crippen molar-refractivity contribution >= 4 is 34.0 Å². The highest BCUT2D eigenvalue weighted by Gasteiger charge is 2.23. The number of benzene rings is 2. The number of hydrogen-bond donors (Lipinski definition) is 3. The Balaban J connectivity index is 1.69. The third-order valence-corrected chi connectivity index (χ3v) is 5.22. The Kier molecular flexibility index (Phi) is 7.98. The Labute approximate surface area is 205 Å². The molecule has 188 valence electrons. The van der Waals surface area contributed by atoms with Gasteiger partial charge in [-0.1, -0.05) is 6.07 Å². The molecular formula is C24H25F2N7O3. The molecule has 0 aliphatic carbocycles. The molecule has 0 saturated heterocycles. The summed E-state index contributed by atoms with van der Waals surface area (Å²) in [6.45, 7) is 1.59. The van der Waals surface area contributed by atoms with Crippen molar-refractivity contribution in [3.05, 3.63) is 66.8 Å². The second-order valence-electron chi connectivity index (χ2n) is 7.82. The number of nitrogens with zero attached hydrogens (tertiary/aromatic N) is 5. The number of aliphatic hydroxyl groups is 1. The quantitative estimate of drug-likeness (QED) is 0.254. The number of anilines is 3. The number of fused-ring (bicyclic) bond motifs is 1. The van der Waals surface area contributed by atoms with Gasteiger partial charge in [0.15, 0.2) is 11.6 Å². The predicted octanol–water partition coefficient (Wildman–Crippen LogP) is 2.41. The largest absolute Gasteiger partial charge is 0.493 e. The molecule has 2 aromatic carbocycles. The molecule has 0 unspecified atom stereocenters. The standard InChI is InChI=1S/C24H25F2N7O3/c25-19-3-1-4-21(23(19)26)33(16-12-31-32(13-16)14-22(27)35)24-18-6-5-17(11-20(18)29-15-30-24)36-10-2-7-28-8-9-34/h1,3-6,11-13,15,28,34H,2,7-10,14H2,(H2,27,35). The molecule has 4 rings (SSSR count).